The number of amides is 1. The van der Waals surface area contributed by atoms with Crippen LogP contribution in [0.1, 0.15) is 27.3 Å². The molecule has 0 saturated heterocycles. The summed E-state index contributed by atoms with van der Waals surface area (Å²) in [7, 11) is 0. The molecule has 0 atom stereocenters. The highest BCUT2D eigenvalue weighted by Gasteiger charge is 2.21. The van der Waals surface area contributed by atoms with Crippen LogP contribution in [0.25, 0.3) is 0 Å². The van der Waals surface area contributed by atoms with Gasteiger partial charge in [-0.25, -0.2) is 10.2 Å². The molecule has 32 heavy (non-hydrogen) atoms. The maximum Gasteiger partial charge on any atom is 0.350 e. The summed E-state index contributed by atoms with van der Waals surface area (Å²) in [5.41, 5.74) is 3.85. The number of nitro groups is 1. The average molecular weight is 500 g/mol. The number of benzene rings is 2. The monoisotopic (exact) mass is 499 g/mol. The molecule has 1 N–H and O–H groups in total. The fourth-order valence-corrected chi connectivity index (χ4v) is 3.10. The predicted octanol–water partition coefficient (Wildman–Crippen LogP) is 3.54. The molecule has 0 aliphatic heterocycles. The number of hydrazone groups is 1. The summed E-state index contributed by atoms with van der Waals surface area (Å²) in [6.45, 7) is 3.64. The van der Waals surface area contributed by atoms with E-state index in [1.807, 2.05) is 13.8 Å². The van der Waals surface area contributed by atoms with Crippen molar-refractivity contribution in [2.75, 3.05) is 0 Å². The quantitative estimate of drug-likeness (QED) is 0.174. The second kappa shape index (κ2) is 9.96. The third kappa shape index (κ3) is 5.24. The van der Waals surface area contributed by atoms with Crippen molar-refractivity contribution in [3.63, 3.8) is 0 Å². The molecule has 0 aliphatic rings. The number of carbonyl (C=O) groups excluding carboxylic acids is 2. The molecule has 0 fully saturated rings. The third-order valence-electron chi connectivity index (χ3n) is 4.42. The number of para-hydroxylation sites is 2. The van der Waals surface area contributed by atoms with Gasteiger partial charge < -0.3 is 4.74 Å². The number of nitro benzene ring substituents is 1. The Morgan fingerprint density at radius 1 is 1.22 bits per heavy atom. The Balaban J connectivity index is 1.69. The Kier molecular flexibility index (Phi) is 7.11. The summed E-state index contributed by atoms with van der Waals surface area (Å²) in [5, 5.41) is 19.3. The zero-order valence-corrected chi connectivity index (χ0v) is 18.7. The molecule has 10 nitrogen and oxygen atoms in total. The number of aryl methyl sites for hydroxylation is 1. The number of rotatable bonds is 7. The van der Waals surface area contributed by atoms with E-state index in [2.05, 4.69) is 31.6 Å². The van der Waals surface area contributed by atoms with Gasteiger partial charge >= 0.3 is 5.97 Å². The van der Waals surface area contributed by atoms with E-state index in [1.54, 1.807) is 22.9 Å². The van der Waals surface area contributed by atoms with Gasteiger partial charge in [-0.2, -0.15) is 10.2 Å². The SMILES string of the molecule is Cc1nn(CC(=O)N/N=C/c2ccccc2OC(=O)c2ccccc2[N+](=O)[O-])c(C)c1Br. The molecule has 0 unspecified atom stereocenters. The van der Waals surface area contributed by atoms with E-state index < -0.39 is 16.8 Å². The largest absolute Gasteiger partial charge is 0.422 e. The van der Waals surface area contributed by atoms with E-state index in [9.17, 15) is 19.7 Å². The van der Waals surface area contributed by atoms with Gasteiger partial charge in [-0.3, -0.25) is 19.6 Å². The van der Waals surface area contributed by atoms with Crippen molar-refractivity contribution in [1.82, 2.24) is 15.2 Å². The third-order valence-corrected chi connectivity index (χ3v) is 5.57. The van der Waals surface area contributed by atoms with Crippen LogP contribution in [0.5, 0.6) is 5.75 Å². The minimum Gasteiger partial charge on any atom is -0.422 e. The molecule has 1 amide bonds. The summed E-state index contributed by atoms with van der Waals surface area (Å²) in [4.78, 5) is 35.2. The highest BCUT2D eigenvalue weighted by molar-refractivity contribution is 9.10. The van der Waals surface area contributed by atoms with Gasteiger partial charge in [-0.15, -0.1) is 0 Å². The zero-order chi connectivity index (χ0) is 23.3. The maximum atomic E-state index is 12.5. The first-order valence-electron chi connectivity index (χ1n) is 9.34. The summed E-state index contributed by atoms with van der Waals surface area (Å²) < 4.78 is 7.73. The van der Waals surface area contributed by atoms with Crippen LogP contribution in [-0.2, 0) is 11.3 Å². The second-order valence-electron chi connectivity index (χ2n) is 6.64. The van der Waals surface area contributed by atoms with Gasteiger partial charge in [0, 0.05) is 11.6 Å². The van der Waals surface area contributed by atoms with E-state index in [1.165, 1.54) is 36.5 Å². The number of carbonyl (C=O) groups is 2. The van der Waals surface area contributed by atoms with Crippen LogP contribution in [0, 0.1) is 24.0 Å². The Hall–Kier alpha value is -3.86. The van der Waals surface area contributed by atoms with Gasteiger partial charge in [0.15, 0.2) is 0 Å². The molecule has 164 valence electrons. The van der Waals surface area contributed by atoms with E-state index >= 15 is 0 Å². The number of ether oxygens (including phenoxy) is 1. The van der Waals surface area contributed by atoms with Crippen LogP contribution < -0.4 is 10.2 Å². The normalized spacial score (nSPS) is 10.8. The van der Waals surface area contributed by atoms with E-state index in [-0.39, 0.29) is 23.5 Å². The van der Waals surface area contributed by atoms with Crippen LogP contribution in [0.4, 0.5) is 5.69 Å². The van der Waals surface area contributed by atoms with Crippen molar-refractivity contribution >= 4 is 39.7 Å². The number of hydrogen-bond acceptors (Lipinski definition) is 7. The minimum absolute atomic E-state index is 0.0239. The van der Waals surface area contributed by atoms with Crippen LogP contribution in [0.2, 0.25) is 0 Å². The minimum atomic E-state index is -0.878. The summed E-state index contributed by atoms with van der Waals surface area (Å²) in [6.07, 6.45) is 1.32. The van der Waals surface area contributed by atoms with Gasteiger partial charge in [0.25, 0.3) is 11.6 Å². The Morgan fingerprint density at radius 2 is 1.91 bits per heavy atom. The van der Waals surface area contributed by atoms with Crippen LogP contribution in [-0.4, -0.2) is 32.8 Å². The number of nitrogens with one attached hydrogen (secondary N) is 1. The fraction of sp³-hybridized carbons (Fsp3) is 0.143. The van der Waals surface area contributed by atoms with Crippen molar-refractivity contribution in [1.29, 1.82) is 0 Å². The molecule has 11 heteroatoms. The lowest BCUT2D eigenvalue weighted by molar-refractivity contribution is -0.385. The number of hydrogen-bond donors (Lipinski definition) is 1. The van der Waals surface area contributed by atoms with Crippen molar-refractivity contribution in [2.24, 2.45) is 5.10 Å². The van der Waals surface area contributed by atoms with Gasteiger partial charge in [-0.1, -0.05) is 24.3 Å². The average Bonchev–Trinajstić information content (AvgIpc) is 3.01. The molecule has 1 heterocycles. The number of nitrogens with zero attached hydrogens (tertiary/aromatic N) is 4. The topological polar surface area (TPSA) is 129 Å². The molecule has 0 bridgehead atoms. The van der Waals surface area contributed by atoms with Crippen LogP contribution in [0.15, 0.2) is 58.1 Å². The highest BCUT2D eigenvalue weighted by atomic mass is 79.9. The smallest absolute Gasteiger partial charge is 0.350 e. The van der Waals surface area contributed by atoms with Crippen molar-refractivity contribution in [3.05, 3.63) is 85.6 Å². The molecule has 1 aromatic heterocycles. The molecular weight excluding hydrogens is 482 g/mol. The summed E-state index contributed by atoms with van der Waals surface area (Å²) in [5.74, 6) is -1.14. The van der Waals surface area contributed by atoms with Crippen molar-refractivity contribution < 1.29 is 19.2 Å². The number of esters is 1. The predicted molar refractivity (Wildman–Crippen MR) is 120 cm³/mol. The van der Waals surface area contributed by atoms with Gasteiger partial charge in [-0.05, 0) is 48.0 Å². The Morgan fingerprint density at radius 3 is 2.59 bits per heavy atom. The lowest BCUT2D eigenvalue weighted by Crippen LogP contribution is -2.24. The first-order valence-corrected chi connectivity index (χ1v) is 10.1. The zero-order valence-electron chi connectivity index (χ0n) is 17.1. The molecular formula is C21H18BrN5O5. The first-order chi connectivity index (χ1) is 15.3. The second-order valence-corrected chi connectivity index (χ2v) is 7.43. The number of aromatic nitrogens is 2. The van der Waals surface area contributed by atoms with Crippen molar-refractivity contribution in [3.8, 4) is 5.75 Å². The van der Waals surface area contributed by atoms with Crippen LogP contribution in [0.3, 0.4) is 0 Å². The molecule has 0 radical (unpaired) electrons. The Bertz CT molecular complexity index is 1220. The van der Waals surface area contributed by atoms with Gasteiger partial charge in [0.2, 0.25) is 0 Å². The van der Waals surface area contributed by atoms with Gasteiger partial charge in [0.05, 0.1) is 27.0 Å². The molecule has 0 saturated carbocycles. The molecule has 2 aromatic carbocycles. The molecule has 0 aliphatic carbocycles. The van der Waals surface area contributed by atoms with E-state index in [4.69, 9.17) is 4.74 Å². The lowest BCUT2D eigenvalue weighted by Gasteiger charge is -2.07. The standard InChI is InChI=1S/C21H18BrN5O5/c1-13-20(22)14(2)26(25-13)12-19(28)24-23-11-15-7-3-6-10-18(15)32-21(29)16-8-4-5-9-17(16)27(30)31/h3-11H,12H2,1-2H3,(H,24,28)/b23-11+. The maximum absolute atomic E-state index is 12.5. The lowest BCUT2D eigenvalue weighted by atomic mass is 10.2. The molecule has 3 rings (SSSR count). The molecule has 3 aromatic rings. The van der Waals surface area contributed by atoms with Crippen molar-refractivity contribution in [2.45, 2.75) is 20.4 Å². The van der Waals surface area contributed by atoms with Crippen LogP contribution >= 0.6 is 15.9 Å². The summed E-state index contributed by atoms with van der Waals surface area (Å²) in [6, 6.07) is 12.0. The fourth-order valence-electron chi connectivity index (χ4n) is 2.81. The number of halogens is 1. The highest BCUT2D eigenvalue weighted by Crippen LogP contribution is 2.22. The Labute approximate surface area is 191 Å². The van der Waals surface area contributed by atoms with E-state index in [0.717, 1.165) is 15.9 Å². The first kappa shape index (κ1) is 22.8. The summed E-state index contributed by atoms with van der Waals surface area (Å²) >= 11 is 3.41. The van der Waals surface area contributed by atoms with E-state index in [0.29, 0.717) is 5.56 Å². The molecule has 0 spiro atoms. The van der Waals surface area contributed by atoms with Gasteiger partial charge in [0.1, 0.15) is 17.9 Å².